The van der Waals surface area contributed by atoms with Gasteiger partial charge in [-0.25, -0.2) is 8.42 Å². The summed E-state index contributed by atoms with van der Waals surface area (Å²) in [6, 6.07) is 8.47. The van der Waals surface area contributed by atoms with Gasteiger partial charge in [0.1, 0.15) is 5.69 Å². The molecule has 0 radical (unpaired) electrons. The standard InChI is InChI=1S/C18H19F3N4O5S/c1-31(29,30)24-14-4-2-3-12(9-14)11-23-17(26)7-8-22-15-6-5-13(18(19,20)21)10-16(15)25(27)28/h2-6,9-10,22,24H,7-8,11H2,1H3,(H,23,26). The van der Waals surface area contributed by atoms with Crippen LogP contribution < -0.4 is 15.4 Å². The molecule has 0 fully saturated rings. The quantitative estimate of drug-likeness (QED) is 0.389. The maximum atomic E-state index is 12.7. The third-order valence-corrected chi connectivity index (χ3v) is 4.52. The molecule has 0 saturated carbocycles. The van der Waals surface area contributed by atoms with Crippen molar-refractivity contribution < 1.29 is 31.3 Å². The molecule has 1 amide bonds. The monoisotopic (exact) mass is 460 g/mol. The molecule has 168 valence electrons. The normalized spacial score (nSPS) is 11.6. The van der Waals surface area contributed by atoms with E-state index in [-0.39, 0.29) is 25.2 Å². The van der Waals surface area contributed by atoms with Crippen LogP contribution in [-0.4, -0.2) is 32.0 Å². The predicted octanol–water partition coefficient (Wildman–Crippen LogP) is 3.10. The molecule has 0 atom stereocenters. The summed E-state index contributed by atoms with van der Waals surface area (Å²) in [6.45, 7) is 0.0618. The van der Waals surface area contributed by atoms with Gasteiger partial charge in [-0.1, -0.05) is 12.1 Å². The number of rotatable bonds is 9. The molecule has 2 aromatic rings. The van der Waals surface area contributed by atoms with Crippen molar-refractivity contribution in [2.75, 3.05) is 22.8 Å². The third-order valence-electron chi connectivity index (χ3n) is 3.91. The zero-order chi connectivity index (χ0) is 23.2. The number of nitrogens with zero attached hydrogens (tertiary/aromatic N) is 1. The van der Waals surface area contributed by atoms with Crippen molar-refractivity contribution >= 4 is 33.0 Å². The third kappa shape index (κ3) is 7.77. The number of benzene rings is 2. The fourth-order valence-electron chi connectivity index (χ4n) is 2.57. The van der Waals surface area contributed by atoms with E-state index in [4.69, 9.17) is 0 Å². The van der Waals surface area contributed by atoms with Gasteiger partial charge in [0.2, 0.25) is 15.9 Å². The molecule has 0 spiro atoms. The van der Waals surface area contributed by atoms with Gasteiger partial charge in [-0.2, -0.15) is 13.2 Å². The van der Waals surface area contributed by atoms with Crippen LogP contribution in [0.1, 0.15) is 17.5 Å². The van der Waals surface area contributed by atoms with Crippen LogP contribution in [0.3, 0.4) is 0 Å². The molecule has 2 rings (SSSR count). The van der Waals surface area contributed by atoms with Gasteiger partial charge in [-0.15, -0.1) is 0 Å². The topological polar surface area (TPSA) is 130 Å². The van der Waals surface area contributed by atoms with Gasteiger partial charge in [-0.05, 0) is 29.8 Å². The maximum absolute atomic E-state index is 12.7. The summed E-state index contributed by atoms with van der Waals surface area (Å²) in [5.74, 6) is -0.413. The molecular formula is C18H19F3N4O5S. The summed E-state index contributed by atoms with van der Waals surface area (Å²) in [5, 5.41) is 16.2. The molecule has 2 aromatic carbocycles. The van der Waals surface area contributed by atoms with E-state index in [0.717, 1.165) is 12.3 Å². The first-order valence-electron chi connectivity index (χ1n) is 8.78. The van der Waals surface area contributed by atoms with Crippen molar-refractivity contribution in [1.29, 1.82) is 0 Å². The highest BCUT2D eigenvalue weighted by molar-refractivity contribution is 7.92. The summed E-state index contributed by atoms with van der Waals surface area (Å²) in [6.07, 6.45) is -3.80. The number of nitro benzene ring substituents is 1. The Bertz CT molecular complexity index is 1070. The number of hydrogen-bond acceptors (Lipinski definition) is 6. The van der Waals surface area contributed by atoms with E-state index in [1.807, 2.05) is 0 Å². The summed E-state index contributed by atoms with van der Waals surface area (Å²) in [7, 11) is -3.44. The van der Waals surface area contributed by atoms with Gasteiger partial charge in [-0.3, -0.25) is 19.6 Å². The molecule has 13 heteroatoms. The number of amides is 1. The predicted molar refractivity (Wildman–Crippen MR) is 108 cm³/mol. The van der Waals surface area contributed by atoms with E-state index in [1.54, 1.807) is 24.3 Å². The van der Waals surface area contributed by atoms with Gasteiger partial charge in [0, 0.05) is 31.3 Å². The lowest BCUT2D eigenvalue weighted by molar-refractivity contribution is -0.384. The highest BCUT2D eigenvalue weighted by Crippen LogP contribution is 2.34. The molecule has 0 aliphatic carbocycles. The smallest absolute Gasteiger partial charge is 0.379 e. The molecule has 0 aliphatic rings. The molecule has 9 nitrogen and oxygen atoms in total. The lowest BCUT2D eigenvalue weighted by atomic mass is 10.1. The van der Waals surface area contributed by atoms with E-state index in [0.29, 0.717) is 23.4 Å². The van der Waals surface area contributed by atoms with E-state index >= 15 is 0 Å². The van der Waals surface area contributed by atoms with E-state index < -0.39 is 38.3 Å². The molecular weight excluding hydrogens is 441 g/mol. The molecule has 0 heterocycles. The number of nitrogens with one attached hydrogen (secondary N) is 3. The average molecular weight is 460 g/mol. The Balaban J connectivity index is 1.90. The molecule has 0 unspecified atom stereocenters. The number of nitro groups is 1. The first-order valence-corrected chi connectivity index (χ1v) is 10.7. The Kier molecular flexibility index (Phi) is 7.44. The molecule has 0 saturated heterocycles. The van der Waals surface area contributed by atoms with Crippen LogP contribution >= 0.6 is 0 Å². The Hall–Kier alpha value is -3.35. The fourth-order valence-corrected chi connectivity index (χ4v) is 3.12. The Labute approximate surface area is 175 Å². The van der Waals surface area contributed by atoms with Crippen molar-refractivity contribution in [2.45, 2.75) is 19.1 Å². The van der Waals surface area contributed by atoms with Crippen LogP contribution in [0.4, 0.5) is 30.2 Å². The number of hydrogen-bond donors (Lipinski definition) is 3. The second-order valence-electron chi connectivity index (χ2n) is 6.51. The highest BCUT2D eigenvalue weighted by Gasteiger charge is 2.33. The van der Waals surface area contributed by atoms with Gasteiger partial charge in [0.05, 0.1) is 16.7 Å². The van der Waals surface area contributed by atoms with E-state index in [1.165, 1.54) is 0 Å². The number of carbonyl (C=O) groups excluding carboxylic acids is 1. The Morgan fingerprint density at radius 2 is 1.87 bits per heavy atom. The lowest BCUT2D eigenvalue weighted by Gasteiger charge is -2.11. The van der Waals surface area contributed by atoms with Crippen molar-refractivity contribution in [2.24, 2.45) is 0 Å². The summed E-state index contributed by atoms with van der Waals surface area (Å²) in [4.78, 5) is 22.1. The van der Waals surface area contributed by atoms with Gasteiger partial charge >= 0.3 is 6.18 Å². The number of carbonyl (C=O) groups is 1. The van der Waals surface area contributed by atoms with Crippen molar-refractivity contribution in [1.82, 2.24) is 5.32 Å². The Morgan fingerprint density at radius 1 is 1.16 bits per heavy atom. The summed E-state index contributed by atoms with van der Waals surface area (Å²) >= 11 is 0. The maximum Gasteiger partial charge on any atom is 0.416 e. The summed E-state index contributed by atoms with van der Waals surface area (Å²) < 4.78 is 63.0. The minimum absolute atomic E-state index is 0.0479. The second kappa shape index (κ2) is 9.64. The first kappa shape index (κ1) is 23.9. The minimum Gasteiger partial charge on any atom is -0.379 e. The van der Waals surface area contributed by atoms with Crippen LogP contribution in [0, 0.1) is 10.1 Å². The van der Waals surface area contributed by atoms with Crippen LogP contribution in [0.2, 0.25) is 0 Å². The zero-order valence-corrected chi connectivity index (χ0v) is 17.0. The fraction of sp³-hybridized carbons (Fsp3) is 0.278. The second-order valence-corrected chi connectivity index (χ2v) is 8.26. The van der Waals surface area contributed by atoms with Gasteiger partial charge in [0.15, 0.2) is 0 Å². The van der Waals surface area contributed by atoms with Crippen LogP contribution in [0.25, 0.3) is 0 Å². The lowest BCUT2D eigenvalue weighted by Crippen LogP contribution is -2.25. The van der Waals surface area contributed by atoms with Crippen LogP contribution in [-0.2, 0) is 27.5 Å². The van der Waals surface area contributed by atoms with E-state index in [9.17, 15) is 36.5 Å². The highest BCUT2D eigenvalue weighted by atomic mass is 32.2. The van der Waals surface area contributed by atoms with Crippen molar-refractivity contribution in [3.63, 3.8) is 0 Å². The minimum atomic E-state index is -4.71. The van der Waals surface area contributed by atoms with Crippen LogP contribution in [0.5, 0.6) is 0 Å². The molecule has 0 aliphatic heterocycles. The number of sulfonamides is 1. The number of alkyl halides is 3. The first-order chi connectivity index (χ1) is 14.3. The van der Waals surface area contributed by atoms with Crippen molar-refractivity contribution in [3.05, 3.63) is 63.7 Å². The average Bonchev–Trinajstić information content (AvgIpc) is 2.64. The van der Waals surface area contributed by atoms with E-state index in [2.05, 4.69) is 15.4 Å². The Morgan fingerprint density at radius 3 is 2.48 bits per heavy atom. The zero-order valence-electron chi connectivity index (χ0n) is 16.2. The number of halogens is 3. The number of anilines is 2. The molecule has 31 heavy (non-hydrogen) atoms. The molecule has 0 bridgehead atoms. The largest absolute Gasteiger partial charge is 0.416 e. The van der Waals surface area contributed by atoms with Crippen LogP contribution in [0.15, 0.2) is 42.5 Å². The molecule has 0 aromatic heterocycles. The summed E-state index contributed by atoms with van der Waals surface area (Å²) in [5.41, 5.74) is -1.05. The van der Waals surface area contributed by atoms with Gasteiger partial charge in [0.25, 0.3) is 5.69 Å². The molecule has 3 N–H and O–H groups in total. The van der Waals surface area contributed by atoms with Gasteiger partial charge < -0.3 is 10.6 Å². The van der Waals surface area contributed by atoms with Crippen molar-refractivity contribution in [3.8, 4) is 0 Å². The SMILES string of the molecule is CS(=O)(=O)Nc1cccc(CNC(=O)CCNc2ccc(C(F)(F)F)cc2[N+](=O)[O-])c1.